The minimum atomic E-state index is 0.658. The van der Waals surface area contributed by atoms with Crippen LogP contribution in [-0.4, -0.2) is 21.4 Å². The second-order valence-corrected chi connectivity index (χ2v) is 4.92. The topological polar surface area (TPSA) is 66.0 Å². The van der Waals surface area contributed by atoms with Crippen LogP contribution in [0.15, 0.2) is 34.6 Å². The van der Waals surface area contributed by atoms with Crippen LogP contribution < -0.4 is 10.5 Å². The molecule has 0 radical (unpaired) electrons. The van der Waals surface area contributed by atoms with Crippen LogP contribution >= 0.6 is 11.8 Å². The van der Waals surface area contributed by atoms with E-state index in [2.05, 4.69) is 17.1 Å². The second kappa shape index (κ2) is 5.77. The predicted octanol–water partition coefficient (Wildman–Crippen LogP) is 2.34. The highest BCUT2D eigenvalue weighted by Crippen LogP contribution is 2.31. The smallest absolute Gasteiger partial charge is 0.195 e. The van der Waals surface area contributed by atoms with Crippen molar-refractivity contribution in [2.75, 3.05) is 12.3 Å². The summed E-state index contributed by atoms with van der Waals surface area (Å²) in [6.07, 6.45) is 2.63. The third kappa shape index (κ3) is 2.95. The van der Waals surface area contributed by atoms with E-state index in [1.54, 1.807) is 6.33 Å². The molecule has 0 saturated heterocycles. The van der Waals surface area contributed by atoms with Crippen molar-refractivity contribution in [3.63, 3.8) is 0 Å². The van der Waals surface area contributed by atoms with Gasteiger partial charge in [0.1, 0.15) is 12.1 Å². The van der Waals surface area contributed by atoms with Crippen molar-refractivity contribution in [2.45, 2.75) is 23.4 Å². The summed E-state index contributed by atoms with van der Waals surface area (Å²) in [7, 11) is 1.91. The SMILES string of the molecule is CCCOc1cc(Sc2nncn2C)ccc1N. The zero-order valence-electron chi connectivity index (χ0n) is 10.5. The van der Waals surface area contributed by atoms with Gasteiger partial charge in [0.15, 0.2) is 5.16 Å². The number of anilines is 1. The monoisotopic (exact) mass is 264 g/mol. The number of hydrogen-bond donors (Lipinski definition) is 1. The Morgan fingerprint density at radius 2 is 2.28 bits per heavy atom. The Morgan fingerprint density at radius 3 is 2.94 bits per heavy atom. The molecule has 2 rings (SSSR count). The molecule has 0 spiro atoms. The lowest BCUT2D eigenvalue weighted by Gasteiger charge is -2.09. The number of aromatic nitrogens is 3. The van der Waals surface area contributed by atoms with Gasteiger partial charge in [-0.25, -0.2) is 0 Å². The number of nitrogens with two attached hydrogens (primary N) is 1. The Balaban J connectivity index is 2.16. The van der Waals surface area contributed by atoms with Crippen LogP contribution in [-0.2, 0) is 7.05 Å². The first-order chi connectivity index (χ1) is 8.70. The summed E-state index contributed by atoms with van der Waals surface area (Å²) in [4.78, 5) is 1.03. The van der Waals surface area contributed by atoms with Gasteiger partial charge >= 0.3 is 0 Å². The fourth-order valence-electron chi connectivity index (χ4n) is 1.39. The maximum absolute atomic E-state index is 5.87. The summed E-state index contributed by atoms with van der Waals surface area (Å²) in [5.41, 5.74) is 6.52. The van der Waals surface area contributed by atoms with Gasteiger partial charge in [-0.15, -0.1) is 10.2 Å². The molecule has 0 fully saturated rings. The van der Waals surface area contributed by atoms with Gasteiger partial charge < -0.3 is 15.0 Å². The van der Waals surface area contributed by atoms with Crippen molar-refractivity contribution in [2.24, 2.45) is 7.05 Å². The van der Waals surface area contributed by atoms with E-state index in [-0.39, 0.29) is 0 Å². The van der Waals surface area contributed by atoms with Crippen molar-refractivity contribution >= 4 is 17.4 Å². The molecule has 0 atom stereocenters. The average molecular weight is 264 g/mol. The van der Waals surface area contributed by atoms with Crippen molar-refractivity contribution in [3.05, 3.63) is 24.5 Å². The molecule has 1 aromatic carbocycles. The van der Waals surface area contributed by atoms with Crippen LogP contribution in [0.2, 0.25) is 0 Å². The van der Waals surface area contributed by atoms with E-state index in [4.69, 9.17) is 10.5 Å². The Kier molecular flexibility index (Phi) is 4.09. The van der Waals surface area contributed by atoms with E-state index in [1.165, 1.54) is 11.8 Å². The maximum Gasteiger partial charge on any atom is 0.195 e. The third-order valence-electron chi connectivity index (χ3n) is 2.33. The quantitative estimate of drug-likeness (QED) is 0.840. The van der Waals surface area contributed by atoms with Gasteiger partial charge in [-0.2, -0.15) is 0 Å². The summed E-state index contributed by atoms with van der Waals surface area (Å²) in [6.45, 7) is 2.73. The Morgan fingerprint density at radius 1 is 1.44 bits per heavy atom. The normalized spacial score (nSPS) is 10.6. The number of rotatable bonds is 5. The molecule has 2 N–H and O–H groups in total. The lowest BCUT2D eigenvalue weighted by molar-refractivity contribution is 0.318. The molecule has 0 unspecified atom stereocenters. The van der Waals surface area contributed by atoms with Crippen LogP contribution in [0, 0.1) is 0 Å². The summed E-state index contributed by atoms with van der Waals surface area (Å²) in [5.74, 6) is 0.726. The number of ether oxygens (including phenoxy) is 1. The molecule has 0 bridgehead atoms. The molecule has 2 aromatic rings. The molecule has 0 aliphatic rings. The molecule has 0 aliphatic carbocycles. The van der Waals surface area contributed by atoms with Crippen LogP contribution in [0.4, 0.5) is 5.69 Å². The Labute approximate surface area is 110 Å². The van der Waals surface area contributed by atoms with Crippen LogP contribution in [0.25, 0.3) is 0 Å². The summed E-state index contributed by atoms with van der Waals surface area (Å²) < 4.78 is 7.46. The van der Waals surface area contributed by atoms with Gasteiger partial charge in [0.25, 0.3) is 0 Å². The molecule has 5 nitrogen and oxygen atoms in total. The number of nitrogen functional groups attached to an aromatic ring is 1. The van der Waals surface area contributed by atoms with E-state index >= 15 is 0 Å². The highest BCUT2D eigenvalue weighted by Gasteiger charge is 2.07. The zero-order chi connectivity index (χ0) is 13.0. The molecular weight excluding hydrogens is 248 g/mol. The number of aryl methyl sites for hydroxylation is 1. The molecule has 6 heteroatoms. The van der Waals surface area contributed by atoms with Gasteiger partial charge in [0.2, 0.25) is 0 Å². The van der Waals surface area contributed by atoms with Crippen LogP contribution in [0.5, 0.6) is 5.75 Å². The average Bonchev–Trinajstić information content (AvgIpc) is 2.76. The fourth-order valence-corrected chi connectivity index (χ4v) is 2.18. The first-order valence-corrected chi connectivity index (χ1v) is 6.56. The van der Waals surface area contributed by atoms with E-state index < -0.39 is 0 Å². The minimum absolute atomic E-state index is 0.658. The van der Waals surface area contributed by atoms with E-state index in [9.17, 15) is 0 Å². The number of hydrogen-bond acceptors (Lipinski definition) is 5. The van der Waals surface area contributed by atoms with Crippen molar-refractivity contribution < 1.29 is 4.74 Å². The maximum atomic E-state index is 5.87. The molecule has 0 amide bonds. The van der Waals surface area contributed by atoms with E-state index in [1.807, 2.05) is 29.8 Å². The van der Waals surface area contributed by atoms with Gasteiger partial charge in [0, 0.05) is 11.9 Å². The van der Waals surface area contributed by atoms with Gasteiger partial charge in [-0.05, 0) is 36.4 Å². The van der Waals surface area contributed by atoms with Crippen molar-refractivity contribution in [3.8, 4) is 5.75 Å². The molecule has 18 heavy (non-hydrogen) atoms. The largest absolute Gasteiger partial charge is 0.491 e. The summed E-state index contributed by atoms with van der Waals surface area (Å²) >= 11 is 1.53. The first kappa shape index (κ1) is 12.8. The number of nitrogens with zero attached hydrogens (tertiary/aromatic N) is 3. The van der Waals surface area contributed by atoms with Crippen molar-refractivity contribution in [1.82, 2.24) is 14.8 Å². The minimum Gasteiger partial charge on any atom is -0.491 e. The zero-order valence-corrected chi connectivity index (χ0v) is 11.3. The highest BCUT2D eigenvalue weighted by molar-refractivity contribution is 7.99. The molecule has 0 aliphatic heterocycles. The summed E-state index contributed by atoms with van der Waals surface area (Å²) in [6, 6.07) is 5.74. The second-order valence-electron chi connectivity index (χ2n) is 3.87. The van der Waals surface area contributed by atoms with Gasteiger partial charge in [0.05, 0.1) is 12.3 Å². The molecule has 1 aromatic heterocycles. The summed E-state index contributed by atoms with van der Waals surface area (Å²) in [5, 5.41) is 8.71. The number of benzene rings is 1. The molecular formula is C12H16N4OS. The van der Waals surface area contributed by atoms with Gasteiger partial charge in [-0.1, -0.05) is 6.92 Å². The molecule has 96 valence electrons. The standard InChI is InChI=1S/C12H16N4OS/c1-3-6-17-11-7-9(4-5-10(11)13)18-12-15-14-8-16(12)2/h4-5,7-8H,3,6,13H2,1-2H3. The van der Waals surface area contributed by atoms with Gasteiger partial charge in [-0.3, -0.25) is 0 Å². The van der Waals surface area contributed by atoms with Crippen LogP contribution in [0.3, 0.4) is 0 Å². The fraction of sp³-hybridized carbons (Fsp3) is 0.333. The van der Waals surface area contributed by atoms with E-state index in [0.717, 1.165) is 22.2 Å². The van der Waals surface area contributed by atoms with E-state index in [0.29, 0.717) is 12.3 Å². The van der Waals surface area contributed by atoms with Crippen LogP contribution in [0.1, 0.15) is 13.3 Å². The lowest BCUT2D eigenvalue weighted by atomic mass is 10.3. The van der Waals surface area contributed by atoms with Crippen molar-refractivity contribution in [1.29, 1.82) is 0 Å². The predicted molar refractivity (Wildman–Crippen MR) is 71.8 cm³/mol. The third-order valence-corrected chi connectivity index (χ3v) is 3.37. The first-order valence-electron chi connectivity index (χ1n) is 5.75. The molecule has 1 heterocycles. The lowest BCUT2D eigenvalue weighted by Crippen LogP contribution is -1.99. The highest BCUT2D eigenvalue weighted by atomic mass is 32.2. The molecule has 0 saturated carbocycles. The Bertz CT molecular complexity index is 527. The Hall–Kier alpha value is -1.69.